The average molecular weight is 294 g/mol. The number of aromatic nitrogens is 2. The van der Waals surface area contributed by atoms with Crippen molar-refractivity contribution in [2.45, 2.75) is 32.9 Å². The lowest BCUT2D eigenvalue weighted by Crippen LogP contribution is -2.51. The van der Waals surface area contributed by atoms with Gasteiger partial charge in [-0.1, -0.05) is 6.92 Å². The summed E-state index contributed by atoms with van der Waals surface area (Å²) in [7, 11) is 1.89. The van der Waals surface area contributed by atoms with Crippen LogP contribution >= 0.6 is 0 Å². The van der Waals surface area contributed by atoms with Crippen LogP contribution < -0.4 is 0 Å². The van der Waals surface area contributed by atoms with E-state index in [1.807, 2.05) is 31.3 Å². The quantitative estimate of drug-likeness (QED) is 0.781. The molecule has 0 aliphatic carbocycles. The van der Waals surface area contributed by atoms with Crippen molar-refractivity contribution in [2.24, 2.45) is 7.05 Å². The second-order valence-corrected chi connectivity index (χ2v) is 5.45. The molecule has 6 heteroatoms. The number of hydrogen-bond donors (Lipinski definition) is 0. The SMILES string of the molecule is CC[C@@H](C(=O)N(CC)Cc1cnn(C)c1)N1CCOCC1. The van der Waals surface area contributed by atoms with Gasteiger partial charge in [0.1, 0.15) is 0 Å². The predicted octanol–water partition coefficient (Wildman–Crippen LogP) is 0.879. The fourth-order valence-electron chi connectivity index (χ4n) is 2.81. The van der Waals surface area contributed by atoms with Gasteiger partial charge in [-0.05, 0) is 13.3 Å². The number of ether oxygens (including phenoxy) is 1. The molecule has 2 heterocycles. The first-order valence-electron chi connectivity index (χ1n) is 7.73. The molecule has 0 unspecified atom stereocenters. The van der Waals surface area contributed by atoms with Gasteiger partial charge < -0.3 is 9.64 Å². The summed E-state index contributed by atoms with van der Waals surface area (Å²) in [6.45, 7) is 8.58. The number of nitrogens with zero attached hydrogens (tertiary/aromatic N) is 4. The molecular weight excluding hydrogens is 268 g/mol. The Morgan fingerprint density at radius 2 is 2.14 bits per heavy atom. The third kappa shape index (κ3) is 4.04. The first-order chi connectivity index (χ1) is 10.2. The van der Waals surface area contributed by atoms with Crippen molar-refractivity contribution < 1.29 is 9.53 Å². The van der Waals surface area contributed by atoms with E-state index in [1.165, 1.54) is 0 Å². The third-order valence-electron chi connectivity index (χ3n) is 3.98. The molecule has 0 bridgehead atoms. The largest absolute Gasteiger partial charge is 0.379 e. The van der Waals surface area contributed by atoms with Crippen LogP contribution in [0, 0.1) is 0 Å². The van der Waals surface area contributed by atoms with Crippen LogP contribution in [0.5, 0.6) is 0 Å². The Morgan fingerprint density at radius 1 is 1.43 bits per heavy atom. The standard InChI is InChI=1S/C15H26N4O2/c1-4-14(19-6-8-21-9-7-19)15(20)18(5-2)12-13-10-16-17(3)11-13/h10-11,14H,4-9,12H2,1-3H3/t14-/m0/s1. The van der Waals surface area contributed by atoms with Crippen molar-refractivity contribution in [3.05, 3.63) is 18.0 Å². The Morgan fingerprint density at radius 3 is 2.67 bits per heavy atom. The summed E-state index contributed by atoms with van der Waals surface area (Å²) < 4.78 is 7.15. The van der Waals surface area contributed by atoms with Crippen molar-refractivity contribution >= 4 is 5.91 Å². The first-order valence-corrected chi connectivity index (χ1v) is 7.73. The third-order valence-corrected chi connectivity index (χ3v) is 3.98. The molecular formula is C15H26N4O2. The van der Waals surface area contributed by atoms with Crippen molar-refractivity contribution in [3.8, 4) is 0 Å². The fourth-order valence-corrected chi connectivity index (χ4v) is 2.81. The summed E-state index contributed by atoms with van der Waals surface area (Å²) >= 11 is 0. The Kier molecular flexibility index (Phi) is 5.76. The Bertz CT molecular complexity index is 454. The van der Waals surface area contributed by atoms with E-state index in [0.717, 1.165) is 38.3 Å². The summed E-state index contributed by atoms with van der Waals surface area (Å²) in [5.41, 5.74) is 1.07. The molecule has 0 spiro atoms. The molecule has 118 valence electrons. The molecule has 0 aromatic carbocycles. The number of carbonyl (C=O) groups excluding carboxylic acids is 1. The molecule has 6 nitrogen and oxygen atoms in total. The molecule has 0 N–H and O–H groups in total. The van der Waals surface area contributed by atoms with Gasteiger partial charge in [-0.3, -0.25) is 14.4 Å². The minimum absolute atomic E-state index is 0.0366. The zero-order valence-electron chi connectivity index (χ0n) is 13.3. The van der Waals surface area contributed by atoms with Gasteiger partial charge in [0.25, 0.3) is 0 Å². The maximum Gasteiger partial charge on any atom is 0.240 e. The van der Waals surface area contributed by atoms with Gasteiger partial charge in [-0.25, -0.2) is 0 Å². The fraction of sp³-hybridized carbons (Fsp3) is 0.733. The molecule has 1 fully saturated rings. The van der Waals surface area contributed by atoms with E-state index < -0.39 is 0 Å². The highest BCUT2D eigenvalue weighted by Gasteiger charge is 2.29. The zero-order valence-corrected chi connectivity index (χ0v) is 13.3. The highest BCUT2D eigenvalue weighted by molar-refractivity contribution is 5.81. The van der Waals surface area contributed by atoms with E-state index in [1.54, 1.807) is 4.68 Å². The first kappa shape index (κ1) is 16.0. The van der Waals surface area contributed by atoms with E-state index in [-0.39, 0.29) is 11.9 Å². The molecule has 1 aliphatic heterocycles. The van der Waals surface area contributed by atoms with Gasteiger partial charge in [0, 0.05) is 45.0 Å². The minimum Gasteiger partial charge on any atom is -0.379 e. The molecule has 1 aliphatic rings. The molecule has 1 atom stereocenters. The molecule has 1 aromatic rings. The Hall–Kier alpha value is -1.40. The Balaban J connectivity index is 2.02. The second kappa shape index (κ2) is 7.56. The molecule has 1 aromatic heterocycles. The normalized spacial score (nSPS) is 17.7. The molecule has 2 rings (SSSR count). The summed E-state index contributed by atoms with van der Waals surface area (Å²) in [6.07, 6.45) is 4.62. The van der Waals surface area contributed by atoms with Crippen molar-refractivity contribution in [2.75, 3.05) is 32.8 Å². The van der Waals surface area contributed by atoms with Crippen LogP contribution in [0.4, 0.5) is 0 Å². The number of hydrogen-bond acceptors (Lipinski definition) is 4. The van der Waals surface area contributed by atoms with Gasteiger partial charge in [0.15, 0.2) is 0 Å². The summed E-state index contributed by atoms with van der Waals surface area (Å²) in [4.78, 5) is 17.0. The molecule has 21 heavy (non-hydrogen) atoms. The number of morpholine rings is 1. The van der Waals surface area contributed by atoms with Crippen molar-refractivity contribution in [3.63, 3.8) is 0 Å². The highest BCUT2D eigenvalue weighted by Crippen LogP contribution is 2.13. The van der Waals surface area contributed by atoms with Crippen LogP contribution in [0.3, 0.4) is 0 Å². The number of likely N-dealkylation sites (N-methyl/N-ethyl adjacent to an activating group) is 1. The number of aryl methyl sites for hydroxylation is 1. The van der Waals surface area contributed by atoms with E-state index in [0.29, 0.717) is 13.1 Å². The monoisotopic (exact) mass is 294 g/mol. The van der Waals surface area contributed by atoms with Crippen LogP contribution in [-0.2, 0) is 23.1 Å². The summed E-state index contributed by atoms with van der Waals surface area (Å²) in [5.74, 6) is 0.214. The number of rotatable bonds is 6. The minimum atomic E-state index is -0.0366. The van der Waals surface area contributed by atoms with E-state index in [9.17, 15) is 4.79 Å². The van der Waals surface area contributed by atoms with Crippen LogP contribution in [0.15, 0.2) is 12.4 Å². The van der Waals surface area contributed by atoms with Crippen LogP contribution in [0.1, 0.15) is 25.8 Å². The molecule has 1 amide bonds. The van der Waals surface area contributed by atoms with Crippen LogP contribution in [0.25, 0.3) is 0 Å². The van der Waals surface area contributed by atoms with Crippen LogP contribution in [-0.4, -0.2) is 64.4 Å². The van der Waals surface area contributed by atoms with Gasteiger partial charge in [0.2, 0.25) is 5.91 Å². The smallest absolute Gasteiger partial charge is 0.240 e. The van der Waals surface area contributed by atoms with Crippen molar-refractivity contribution in [1.82, 2.24) is 19.6 Å². The lowest BCUT2D eigenvalue weighted by atomic mass is 10.1. The molecule has 1 saturated heterocycles. The average Bonchev–Trinajstić information content (AvgIpc) is 2.92. The molecule has 0 radical (unpaired) electrons. The summed E-state index contributed by atoms with van der Waals surface area (Å²) in [6, 6.07) is -0.0366. The Labute approximate surface area is 126 Å². The molecule has 0 saturated carbocycles. The van der Waals surface area contributed by atoms with Gasteiger partial charge in [0.05, 0.1) is 25.5 Å². The van der Waals surface area contributed by atoms with E-state index in [4.69, 9.17) is 4.74 Å². The van der Waals surface area contributed by atoms with Gasteiger partial charge in [-0.2, -0.15) is 5.10 Å². The maximum absolute atomic E-state index is 12.8. The lowest BCUT2D eigenvalue weighted by molar-refractivity contribution is -0.139. The zero-order chi connectivity index (χ0) is 15.2. The second-order valence-electron chi connectivity index (χ2n) is 5.45. The van der Waals surface area contributed by atoms with E-state index in [2.05, 4.69) is 16.9 Å². The highest BCUT2D eigenvalue weighted by atomic mass is 16.5. The topological polar surface area (TPSA) is 50.6 Å². The maximum atomic E-state index is 12.8. The van der Waals surface area contributed by atoms with E-state index >= 15 is 0 Å². The van der Waals surface area contributed by atoms with Gasteiger partial charge in [-0.15, -0.1) is 0 Å². The van der Waals surface area contributed by atoms with Gasteiger partial charge >= 0.3 is 0 Å². The van der Waals surface area contributed by atoms with Crippen LogP contribution in [0.2, 0.25) is 0 Å². The lowest BCUT2D eigenvalue weighted by Gasteiger charge is -2.35. The summed E-state index contributed by atoms with van der Waals surface area (Å²) in [5, 5.41) is 4.17. The number of amides is 1. The predicted molar refractivity (Wildman–Crippen MR) is 80.8 cm³/mol. The number of carbonyl (C=O) groups is 1. The van der Waals surface area contributed by atoms with Crippen molar-refractivity contribution in [1.29, 1.82) is 0 Å².